The van der Waals surface area contributed by atoms with Gasteiger partial charge in [0.2, 0.25) is 0 Å². The van der Waals surface area contributed by atoms with Crippen molar-refractivity contribution < 1.29 is 17.0 Å². The van der Waals surface area contributed by atoms with Crippen LogP contribution in [-0.2, 0) is 17.0 Å². The van der Waals surface area contributed by atoms with Gasteiger partial charge in [0, 0.05) is 0 Å². The van der Waals surface area contributed by atoms with Crippen LogP contribution in [0.25, 0.3) is 5.57 Å². The van der Waals surface area contributed by atoms with E-state index in [2.05, 4.69) is 42.3 Å². The first-order valence-electron chi connectivity index (χ1n) is 4.34. The van der Waals surface area contributed by atoms with E-state index >= 15 is 0 Å². The van der Waals surface area contributed by atoms with Gasteiger partial charge in [-0.1, -0.05) is 0 Å². The second kappa shape index (κ2) is 5.59. The second-order valence-electron chi connectivity index (χ2n) is 2.83. The minimum absolute atomic E-state index is 1.02. The van der Waals surface area contributed by atoms with Crippen LogP contribution in [0.2, 0.25) is 0 Å². The van der Waals surface area contributed by atoms with Crippen molar-refractivity contribution in [3.05, 3.63) is 66.8 Å². The van der Waals surface area contributed by atoms with Gasteiger partial charge in [-0.05, 0) is 0 Å². The molecule has 0 fully saturated rings. The molecule has 69 valence electrons. The van der Waals surface area contributed by atoms with Gasteiger partial charge >= 0.3 is 94.1 Å². The van der Waals surface area contributed by atoms with Gasteiger partial charge in [0.05, 0.1) is 0 Å². The SMILES string of the molecule is C=C/C=C(\[CH]=[V])C(=C)c1ccccc1. The van der Waals surface area contributed by atoms with Gasteiger partial charge < -0.3 is 0 Å². The van der Waals surface area contributed by atoms with E-state index in [9.17, 15) is 0 Å². The second-order valence-corrected chi connectivity index (χ2v) is 3.23. The summed E-state index contributed by atoms with van der Waals surface area (Å²) in [5.74, 6) is 0. The summed E-state index contributed by atoms with van der Waals surface area (Å²) >= 11 is 2.44. The summed E-state index contributed by atoms with van der Waals surface area (Å²) in [4.78, 5) is 0. The molecule has 14 heavy (non-hydrogen) atoms. The Morgan fingerprint density at radius 1 is 1.21 bits per heavy atom. The molecule has 0 nitrogen and oxygen atoms in total. The predicted octanol–water partition coefficient (Wildman–Crippen LogP) is 3.16. The molecule has 0 saturated heterocycles. The van der Waals surface area contributed by atoms with Crippen molar-refractivity contribution in [2.45, 2.75) is 0 Å². The average molecular weight is 219 g/mol. The van der Waals surface area contributed by atoms with Gasteiger partial charge in [-0.25, -0.2) is 0 Å². The fraction of sp³-hybridized carbons (Fsp3) is 0. The summed E-state index contributed by atoms with van der Waals surface area (Å²) in [6.07, 6.45) is 3.72. The van der Waals surface area contributed by atoms with Crippen molar-refractivity contribution in [3.8, 4) is 0 Å². The van der Waals surface area contributed by atoms with Crippen molar-refractivity contribution in [1.29, 1.82) is 0 Å². The van der Waals surface area contributed by atoms with Crippen LogP contribution in [0, 0.1) is 0 Å². The Labute approximate surface area is 94.2 Å². The Hall–Kier alpha value is -1.11. The van der Waals surface area contributed by atoms with Gasteiger partial charge in [-0.2, -0.15) is 0 Å². The normalized spacial score (nSPS) is 10.6. The number of hydrogen-bond acceptors (Lipinski definition) is 0. The van der Waals surface area contributed by atoms with E-state index in [4.69, 9.17) is 0 Å². The molecule has 1 aromatic rings. The van der Waals surface area contributed by atoms with Crippen molar-refractivity contribution in [2.75, 3.05) is 0 Å². The Bertz CT molecular complexity index is 371. The Morgan fingerprint density at radius 2 is 1.86 bits per heavy atom. The molecule has 0 aromatic heterocycles. The van der Waals surface area contributed by atoms with Gasteiger partial charge in [-0.15, -0.1) is 0 Å². The van der Waals surface area contributed by atoms with E-state index in [1.165, 1.54) is 0 Å². The van der Waals surface area contributed by atoms with E-state index in [0.717, 1.165) is 16.7 Å². The third-order valence-corrected chi connectivity index (χ3v) is 2.34. The standard InChI is InChI=1S/C13H12.V/c1-4-8-11(2)12(3)13-9-6-5-7-10-13;/h2,4-10H,1,3H2;/b11-8+;. The van der Waals surface area contributed by atoms with Crippen LogP contribution in [-0.4, -0.2) is 4.73 Å². The fourth-order valence-electron chi connectivity index (χ4n) is 1.15. The topological polar surface area (TPSA) is 0 Å². The van der Waals surface area contributed by atoms with Crippen molar-refractivity contribution >= 4 is 10.3 Å². The van der Waals surface area contributed by atoms with Crippen LogP contribution in [0.5, 0.6) is 0 Å². The molecule has 0 heterocycles. The molecule has 1 rings (SSSR count). The quantitative estimate of drug-likeness (QED) is 0.682. The molecule has 0 aliphatic rings. The van der Waals surface area contributed by atoms with Crippen LogP contribution in [0.1, 0.15) is 5.56 Å². The Kier molecular flexibility index (Phi) is 4.38. The molecular formula is C13H12V. The summed E-state index contributed by atoms with van der Waals surface area (Å²) < 4.78 is 1.98. The van der Waals surface area contributed by atoms with Crippen LogP contribution >= 0.6 is 0 Å². The van der Waals surface area contributed by atoms with Gasteiger partial charge in [0.1, 0.15) is 0 Å². The zero-order chi connectivity index (χ0) is 10.4. The maximum atomic E-state index is 4.06. The maximum absolute atomic E-state index is 4.06. The molecule has 0 aliphatic carbocycles. The minimum atomic E-state index is 1.02. The number of rotatable bonds is 4. The first kappa shape index (κ1) is 11.0. The summed E-state index contributed by atoms with van der Waals surface area (Å²) in [5, 5.41) is 0. The molecule has 0 bridgehead atoms. The molecule has 0 saturated carbocycles. The molecule has 0 unspecified atom stereocenters. The van der Waals surface area contributed by atoms with Crippen LogP contribution < -0.4 is 0 Å². The molecule has 0 amide bonds. The Morgan fingerprint density at radius 3 is 2.36 bits per heavy atom. The zero-order valence-corrected chi connectivity index (χ0v) is 9.38. The summed E-state index contributed by atoms with van der Waals surface area (Å²) in [5.41, 5.74) is 3.25. The van der Waals surface area contributed by atoms with Gasteiger partial charge in [0.15, 0.2) is 0 Å². The van der Waals surface area contributed by atoms with Crippen LogP contribution in [0.15, 0.2) is 61.2 Å². The first-order valence-corrected chi connectivity index (χ1v) is 5.15. The van der Waals surface area contributed by atoms with Crippen molar-refractivity contribution in [3.63, 3.8) is 0 Å². The zero-order valence-electron chi connectivity index (χ0n) is 7.98. The van der Waals surface area contributed by atoms with E-state index in [1.807, 2.05) is 29.0 Å². The third kappa shape index (κ3) is 2.69. The third-order valence-electron chi connectivity index (χ3n) is 1.91. The Balaban J connectivity index is 3.01. The first-order chi connectivity index (χ1) is 6.79. The van der Waals surface area contributed by atoms with Crippen molar-refractivity contribution in [1.82, 2.24) is 0 Å². The monoisotopic (exact) mass is 219 g/mol. The van der Waals surface area contributed by atoms with E-state index in [-0.39, 0.29) is 0 Å². The molecular weight excluding hydrogens is 207 g/mol. The molecule has 0 atom stereocenters. The summed E-state index contributed by atoms with van der Waals surface area (Å²) in [7, 11) is 0. The van der Waals surface area contributed by atoms with Gasteiger partial charge in [0.25, 0.3) is 0 Å². The van der Waals surface area contributed by atoms with E-state index < -0.39 is 0 Å². The molecule has 1 aromatic carbocycles. The van der Waals surface area contributed by atoms with Crippen molar-refractivity contribution in [2.24, 2.45) is 0 Å². The predicted molar refractivity (Wildman–Crippen MR) is 59.8 cm³/mol. The van der Waals surface area contributed by atoms with Gasteiger partial charge in [-0.3, -0.25) is 0 Å². The number of allylic oxidation sites excluding steroid dienone is 4. The molecule has 0 N–H and O–H groups in total. The molecule has 0 aliphatic heterocycles. The summed E-state index contributed by atoms with van der Waals surface area (Å²) in [6.45, 7) is 7.74. The number of hydrogen-bond donors (Lipinski definition) is 0. The number of benzene rings is 1. The average Bonchev–Trinajstić information content (AvgIpc) is 2.26. The van der Waals surface area contributed by atoms with E-state index in [1.54, 1.807) is 6.08 Å². The van der Waals surface area contributed by atoms with Crippen LogP contribution in [0.3, 0.4) is 0 Å². The fourth-order valence-corrected chi connectivity index (χ4v) is 1.53. The van der Waals surface area contributed by atoms with Crippen LogP contribution in [0.4, 0.5) is 0 Å². The molecule has 1 heteroatoms. The molecule has 0 radical (unpaired) electrons. The summed E-state index contributed by atoms with van der Waals surface area (Å²) in [6, 6.07) is 10.1. The molecule has 0 spiro atoms. The van der Waals surface area contributed by atoms with E-state index in [0.29, 0.717) is 0 Å².